The molecular weight excluding hydrogens is 286 g/mol. The quantitative estimate of drug-likeness (QED) is 0.468. The van der Waals surface area contributed by atoms with Gasteiger partial charge in [-0.3, -0.25) is 14.4 Å². The largest absolute Gasteiger partial charge is 0.463 e. The number of ether oxygens (including phenoxy) is 4. The van der Waals surface area contributed by atoms with Crippen molar-refractivity contribution in [2.24, 2.45) is 5.73 Å². The molecule has 9 nitrogen and oxygen atoms in total. The van der Waals surface area contributed by atoms with Crippen LogP contribution >= 0.6 is 0 Å². The molecule has 0 amide bonds. The Morgan fingerprint density at radius 1 is 1.05 bits per heavy atom. The van der Waals surface area contributed by atoms with Gasteiger partial charge in [0.05, 0.1) is 6.04 Å². The molecule has 9 heteroatoms. The van der Waals surface area contributed by atoms with E-state index in [2.05, 4.69) is 0 Å². The monoisotopic (exact) mass is 305 g/mol. The second kappa shape index (κ2) is 7.34. The first-order chi connectivity index (χ1) is 9.72. The lowest BCUT2D eigenvalue weighted by Gasteiger charge is -2.41. The lowest BCUT2D eigenvalue weighted by molar-refractivity contribution is -0.260. The van der Waals surface area contributed by atoms with Gasteiger partial charge in [0.25, 0.3) is 0 Å². The Kier molecular flexibility index (Phi) is 6.06. The van der Waals surface area contributed by atoms with Crippen molar-refractivity contribution in [1.29, 1.82) is 0 Å². The minimum atomic E-state index is -1.46. The summed E-state index contributed by atoms with van der Waals surface area (Å²) >= 11 is 0. The molecule has 1 heterocycles. The van der Waals surface area contributed by atoms with Crippen LogP contribution in [0.2, 0.25) is 0 Å². The highest BCUT2D eigenvalue weighted by Gasteiger charge is 2.48. The highest BCUT2D eigenvalue weighted by atomic mass is 16.7. The lowest BCUT2D eigenvalue weighted by atomic mass is 9.97. The van der Waals surface area contributed by atoms with Gasteiger partial charge >= 0.3 is 17.9 Å². The van der Waals surface area contributed by atoms with Crippen LogP contribution in [0.1, 0.15) is 20.8 Å². The lowest BCUT2D eigenvalue weighted by Crippen LogP contribution is -2.64. The zero-order chi connectivity index (χ0) is 16.2. The summed E-state index contributed by atoms with van der Waals surface area (Å²) in [5.41, 5.74) is 5.70. The Labute approximate surface area is 121 Å². The van der Waals surface area contributed by atoms with Gasteiger partial charge in [-0.1, -0.05) is 0 Å². The average Bonchev–Trinajstić information content (AvgIpc) is 2.35. The van der Waals surface area contributed by atoms with Gasteiger partial charge in [0.2, 0.25) is 0 Å². The van der Waals surface area contributed by atoms with Crippen LogP contribution in [0.25, 0.3) is 0 Å². The van der Waals surface area contributed by atoms with Crippen molar-refractivity contribution >= 4 is 17.9 Å². The molecule has 21 heavy (non-hydrogen) atoms. The Morgan fingerprint density at radius 3 is 2.05 bits per heavy atom. The predicted molar refractivity (Wildman–Crippen MR) is 66.6 cm³/mol. The first kappa shape index (κ1) is 17.3. The molecule has 0 unspecified atom stereocenters. The number of rotatable bonds is 4. The van der Waals surface area contributed by atoms with Gasteiger partial charge in [0, 0.05) is 20.8 Å². The van der Waals surface area contributed by atoms with E-state index in [-0.39, 0.29) is 6.61 Å². The third kappa shape index (κ3) is 4.96. The Balaban J connectivity index is 2.94. The molecule has 3 N–H and O–H groups in total. The maximum atomic E-state index is 11.2. The van der Waals surface area contributed by atoms with Crippen molar-refractivity contribution in [1.82, 2.24) is 0 Å². The normalized spacial score (nSPS) is 32.1. The first-order valence-electron chi connectivity index (χ1n) is 6.29. The van der Waals surface area contributed by atoms with Crippen molar-refractivity contribution in [2.45, 2.75) is 51.4 Å². The highest BCUT2D eigenvalue weighted by molar-refractivity contribution is 5.67. The molecular formula is C12H19NO8. The van der Waals surface area contributed by atoms with Crippen molar-refractivity contribution in [3.63, 3.8) is 0 Å². The van der Waals surface area contributed by atoms with Crippen LogP contribution in [0.4, 0.5) is 0 Å². The van der Waals surface area contributed by atoms with Crippen LogP contribution in [0.5, 0.6) is 0 Å². The van der Waals surface area contributed by atoms with Gasteiger partial charge in [-0.25, -0.2) is 0 Å². The van der Waals surface area contributed by atoms with Gasteiger partial charge in [0.15, 0.2) is 18.5 Å². The molecule has 0 aromatic heterocycles. The van der Waals surface area contributed by atoms with Crippen LogP contribution in [0, 0.1) is 0 Å². The van der Waals surface area contributed by atoms with Crippen molar-refractivity contribution in [3.8, 4) is 0 Å². The standard InChI is InChI=1S/C12H19NO8/c1-5(14)18-4-8-10(19-6(2)15)11(20-7(3)16)9(13)12(17)21-8/h8-12,17H,4,13H2,1-3H3/t8-,9-,10-,11-,12+/m0/s1. The van der Waals surface area contributed by atoms with E-state index in [1.54, 1.807) is 0 Å². The number of carbonyl (C=O) groups is 3. The van der Waals surface area contributed by atoms with Crippen LogP contribution in [-0.4, -0.2) is 60.3 Å². The van der Waals surface area contributed by atoms with Crippen molar-refractivity contribution < 1.29 is 38.4 Å². The molecule has 0 bridgehead atoms. The summed E-state index contributed by atoms with van der Waals surface area (Å²) in [4.78, 5) is 33.2. The number of aliphatic hydroxyl groups is 1. The van der Waals surface area contributed by atoms with Crippen molar-refractivity contribution in [3.05, 3.63) is 0 Å². The molecule has 1 fully saturated rings. The molecule has 0 radical (unpaired) electrons. The molecule has 1 saturated heterocycles. The summed E-state index contributed by atoms with van der Waals surface area (Å²) in [5, 5.41) is 9.73. The Hall–Kier alpha value is -1.71. The fourth-order valence-corrected chi connectivity index (χ4v) is 1.95. The molecule has 0 spiro atoms. The van der Waals surface area contributed by atoms with E-state index < -0.39 is 48.6 Å². The van der Waals surface area contributed by atoms with Crippen LogP contribution in [0.15, 0.2) is 0 Å². The maximum absolute atomic E-state index is 11.2. The Morgan fingerprint density at radius 2 is 1.57 bits per heavy atom. The fraction of sp³-hybridized carbons (Fsp3) is 0.750. The maximum Gasteiger partial charge on any atom is 0.303 e. The number of carbonyl (C=O) groups excluding carboxylic acids is 3. The molecule has 1 aliphatic rings. The second-order valence-corrected chi connectivity index (χ2v) is 4.59. The molecule has 0 aromatic rings. The predicted octanol–water partition coefficient (Wildman–Crippen LogP) is -1.54. The van der Waals surface area contributed by atoms with E-state index in [9.17, 15) is 19.5 Å². The van der Waals surface area contributed by atoms with E-state index >= 15 is 0 Å². The number of esters is 3. The topological polar surface area (TPSA) is 134 Å². The van der Waals surface area contributed by atoms with Gasteiger partial charge in [-0.15, -0.1) is 0 Å². The zero-order valence-electron chi connectivity index (χ0n) is 12.0. The number of aliphatic hydroxyl groups excluding tert-OH is 1. The Bertz CT molecular complexity index is 412. The highest BCUT2D eigenvalue weighted by Crippen LogP contribution is 2.24. The third-order valence-electron chi connectivity index (χ3n) is 2.77. The number of nitrogens with two attached hydrogens (primary N) is 1. The summed E-state index contributed by atoms with van der Waals surface area (Å²) in [6.45, 7) is 3.22. The molecule has 1 rings (SSSR count). The summed E-state index contributed by atoms with van der Waals surface area (Å²) in [5.74, 6) is -1.89. The van der Waals surface area contributed by atoms with E-state index in [0.29, 0.717) is 0 Å². The molecule has 1 aliphatic heterocycles. The van der Waals surface area contributed by atoms with Gasteiger partial charge in [-0.05, 0) is 0 Å². The van der Waals surface area contributed by atoms with E-state index in [4.69, 9.17) is 24.7 Å². The van der Waals surface area contributed by atoms with Crippen LogP contribution < -0.4 is 5.73 Å². The number of hydrogen-bond donors (Lipinski definition) is 2. The summed E-state index contributed by atoms with van der Waals surface area (Å²) in [6, 6.07) is -1.10. The van der Waals surface area contributed by atoms with Crippen molar-refractivity contribution in [2.75, 3.05) is 6.61 Å². The van der Waals surface area contributed by atoms with E-state index in [1.807, 2.05) is 0 Å². The fourth-order valence-electron chi connectivity index (χ4n) is 1.95. The summed E-state index contributed by atoms with van der Waals surface area (Å²) in [7, 11) is 0. The zero-order valence-corrected chi connectivity index (χ0v) is 12.0. The minimum Gasteiger partial charge on any atom is -0.463 e. The second-order valence-electron chi connectivity index (χ2n) is 4.59. The molecule has 0 saturated carbocycles. The van der Waals surface area contributed by atoms with Gasteiger partial charge in [-0.2, -0.15) is 0 Å². The molecule has 0 aliphatic carbocycles. The van der Waals surface area contributed by atoms with E-state index in [0.717, 1.165) is 13.8 Å². The van der Waals surface area contributed by atoms with E-state index in [1.165, 1.54) is 6.92 Å². The van der Waals surface area contributed by atoms with Gasteiger partial charge < -0.3 is 29.8 Å². The summed E-state index contributed by atoms with van der Waals surface area (Å²) < 4.78 is 20.0. The first-order valence-corrected chi connectivity index (χ1v) is 6.29. The average molecular weight is 305 g/mol. The van der Waals surface area contributed by atoms with Crippen LogP contribution in [0.3, 0.4) is 0 Å². The minimum absolute atomic E-state index is 0.283. The summed E-state index contributed by atoms with van der Waals surface area (Å²) in [6.07, 6.45) is -4.67. The van der Waals surface area contributed by atoms with Crippen LogP contribution in [-0.2, 0) is 33.3 Å². The smallest absolute Gasteiger partial charge is 0.303 e. The molecule has 0 aromatic carbocycles. The molecule has 5 atom stereocenters. The molecule has 120 valence electrons. The SMILES string of the molecule is CC(=O)OC[C@@H]1O[C@@H](O)[C@@H](N)[C@H](OC(C)=O)[C@H]1OC(C)=O. The van der Waals surface area contributed by atoms with Gasteiger partial charge in [0.1, 0.15) is 12.7 Å². The third-order valence-corrected chi connectivity index (χ3v) is 2.77. The number of hydrogen-bond acceptors (Lipinski definition) is 9.